The van der Waals surface area contributed by atoms with Crippen LogP contribution in [0.4, 0.5) is 20.2 Å². The van der Waals surface area contributed by atoms with Crippen LogP contribution in [0.25, 0.3) is 11.8 Å². The first-order valence-corrected chi connectivity index (χ1v) is 10.3. The van der Waals surface area contributed by atoms with Gasteiger partial charge in [0.2, 0.25) is 5.91 Å². The second-order valence-electron chi connectivity index (χ2n) is 7.62. The van der Waals surface area contributed by atoms with E-state index in [2.05, 4.69) is 15.3 Å². The fraction of sp³-hybridized carbons (Fsp3) is 0.250. The lowest BCUT2D eigenvalue weighted by Gasteiger charge is -2.21. The van der Waals surface area contributed by atoms with Gasteiger partial charge in [-0.25, -0.2) is 13.5 Å². The summed E-state index contributed by atoms with van der Waals surface area (Å²) in [5.41, 5.74) is 3.97. The van der Waals surface area contributed by atoms with Crippen LogP contribution in [-0.2, 0) is 4.79 Å². The molecule has 0 unspecified atom stereocenters. The van der Waals surface area contributed by atoms with Crippen LogP contribution in [0.2, 0.25) is 0 Å². The van der Waals surface area contributed by atoms with Crippen LogP contribution >= 0.6 is 0 Å². The number of nitrogens with one attached hydrogen (secondary N) is 1. The van der Waals surface area contributed by atoms with E-state index in [1.165, 1.54) is 24.3 Å². The van der Waals surface area contributed by atoms with Gasteiger partial charge in [-0.05, 0) is 69.2 Å². The Balaban J connectivity index is 1.55. The average Bonchev–Trinajstić information content (AvgIpc) is 3.37. The quantitative estimate of drug-likeness (QED) is 0.588. The van der Waals surface area contributed by atoms with Crippen molar-refractivity contribution >= 4 is 23.4 Å². The Hall–Kier alpha value is -3.48. The number of hydrogen-bond acceptors (Lipinski definition) is 3. The third kappa shape index (κ3) is 4.35. The van der Waals surface area contributed by atoms with Gasteiger partial charge in [0, 0.05) is 30.4 Å². The molecule has 0 aliphatic carbocycles. The van der Waals surface area contributed by atoms with E-state index in [0.29, 0.717) is 5.69 Å². The summed E-state index contributed by atoms with van der Waals surface area (Å²) < 4.78 is 29.4. The van der Waals surface area contributed by atoms with Crippen LogP contribution in [0.15, 0.2) is 48.5 Å². The van der Waals surface area contributed by atoms with Gasteiger partial charge in [-0.2, -0.15) is 5.10 Å². The third-order valence-electron chi connectivity index (χ3n) is 5.51. The normalized spacial score (nSPS) is 13.9. The van der Waals surface area contributed by atoms with Crippen molar-refractivity contribution in [3.8, 4) is 5.69 Å². The molecule has 1 fully saturated rings. The highest BCUT2D eigenvalue weighted by molar-refractivity contribution is 6.04. The zero-order chi connectivity index (χ0) is 22.0. The molecule has 0 radical (unpaired) electrons. The standard InChI is InChI=1S/C24H24F2N4O/c1-16-20(17(2)30(28-16)19-10-8-18(25)9-11-19)12-13-23(31)27-24-21(26)6-5-7-22(24)29-14-3-4-15-29/h5-13H,3-4,14-15H2,1-2H3,(H,27,31)/b13-12+. The molecule has 1 amide bonds. The Morgan fingerprint density at radius 2 is 1.77 bits per heavy atom. The van der Waals surface area contributed by atoms with Gasteiger partial charge in [0.15, 0.2) is 0 Å². The van der Waals surface area contributed by atoms with E-state index in [1.54, 1.807) is 29.0 Å². The van der Waals surface area contributed by atoms with Crippen molar-refractivity contribution in [3.63, 3.8) is 0 Å². The van der Waals surface area contributed by atoms with Crippen molar-refractivity contribution in [2.45, 2.75) is 26.7 Å². The molecule has 0 spiro atoms. The molecule has 1 aromatic heterocycles. The molecule has 0 atom stereocenters. The van der Waals surface area contributed by atoms with Crippen LogP contribution in [0.3, 0.4) is 0 Å². The maximum absolute atomic E-state index is 14.5. The van der Waals surface area contributed by atoms with Crippen LogP contribution < -0.4 is 10.2 Å². The van der Waals surface area contributed by atoms with Crippen LogP contribution in [-0.4, -0.2) is 28.8 Å². The highest BCUT2D eigenvalue weighted by Crippen LogP contribution is 2.31. The van der Waals surface area contributed by atoms with Gasteiger partial charge < -0.3 is 10.2 Å². The summed E-state index contributed by atoms with van der Waals surface area (Å²) in [6.45, 7) is 5.42. The largest absolute Gasteiger partial charge is 0.370 e. The Morgan fingerprint density at radius 3 is 2.48 bits per heavy atom. The van der Waals surface area contributed by atoms with Gasteiger partial charge in [-0.1, -0.05) is 6.07 Å². The van der Waals surface area contributed by atoms with Crippen molar-refractivity contribution in [2.75, 3.05) is 23.3 Å². The van der Waals surface area contributed by atoms with E-state index in [4.69, 9.17) is 0 Å². The summed E-state index contributed by atoms with van der Waals surface area (Å²) in [5, 5.41) is 7.20. The van der Waals surface area contributed by atoms with Crippen molar-refractivity contribution in [2.24, 2.45) is 0 Å². The number of carbonyl (C=O) groups excluding carboxylic acids is 1. The molecule has 1 aliphatic rings. The van der Waals surface area contributed by atoms with Crippen molar-refractivity contribution in [1.29, 1.82) is 0 Å². The molecule has 0 saturated carbocycles. The number of amides is 1. The number of para-hydroxylation sites is 1. The zero-order valence-electron chi connectivity index (χ0n) is 17.5. The summed E-state index contributed by atoms with van der Waals surface area (Å²) in [5.74, 6) is -1.19. The van der Waals surface area contributed by atoms with Gasteiger partial charge in [-0.15, -0.1) is 0 Å². The van der Waals surface area contributed by atoms with Gasteiger partial charge in [0.1, 0.15) is 17.3 Å². The molecular formula is C24H24F2N4O. The first-order valence-electron chi connectivity index (χ1n) is 10.3. The lowest BCUT2D eigenvalue weighted by atomic mass is 10.1. The molecule has 1 aliphatic heterocycles. The second-order valence-corrected chi connectivity index (χ2v) is 7.62. The Morgan fingerprint density at radius 1 is 1.06 bits per heavy atom. The fourth-order valence-electron chi connectivity index (χ4n) is 3.91. The Bertz CT molecular complexity index is 1130. The molecule has 7 heteroatoms. The Kier molecular flexibility index (Phi) is 5.84. The Labute approximate surface area is 180 Å². The molecule has 160 valence electrons. The second kappa shape index (κ2) is 8.71. The maximum Gasteiger partial charge on any atom is 0.248 e. The summed E-state index contributed by atoms with van der Waals surface area (Å²) in [7, 11) is 0. The minimum Gasteiger partial charge on any atom is -0.370 e. The van der Waals surface area contributed by atoms with E-state index >= 15 is 0 Å². The molecule has 1 N–H and O–H groups in total. The minimum absolute atomic E-state index is 0.203. The number of aromatic nitrogens is 2. The highest BCUT2D eigenvalue weighted by Gasteiger charge is 2.19. The molecule has 1 saturated heterocycles. The smallest absolute Gasteiger partial charge is 0.248 e. The van der Waals surface area contributed by atoms with Crippen molar-refractivity contribution in [3.05, 3.63) is 77.1 Å². The molecule has 2 aromatic carbocycles. The van der Waals surface area contributed by atoms with E-state index in [1.807, 2.05) is 19.9 Å². The maximum atomic E-state index is 14.5. The molecule has 3 aromatic rings. The number of rotatable bonds is 5. The molecular weight excluding hydrogens is 398 g/mol. The van der Waals surface area contributed by atoms with E-state index in [9.17, 15) is 13.6 Å². The summed E-state index contributed by atoms with van der Waals surface area (Å²) in [4.78, 5) is 14.7. The number of anilines is 2. The minimum atomic E-state index is -0.456. The lowest BCUT2D eigenvalue weighted by Crippen LogP contribution is -2.21. The van der Waals surface area contributed by atoms with Gasteiger partial charge in [0.25, 0.3) is 0 Å². The summed E-state index contributed by atoms with van der Waals surface area (Å²) >= 11 is 0. The predicted octanol–water partition coefficient (Wildman–Crippen LogP) is 5.02. The number of nitrogens with zero attached hydrogens (tertiary/aromatic N) is 3. The fourth-order valence-corrected chi connectivity index (χ4v) is 3.91. The summed E-state index contributed by atoms with van der Waals surface area (Å²) in [6.07, 6.45) is 5.16. The first kappa shape index (κ1) is 20.8. The third-order valence-corrected chi connectivity index (χ3v) is 5.51. The van der Waals surface area contributed by atoms with Crippen LogP contribution in [0.5, 0.6) is 0 Å². The molecule has 5 nitrogen and oxygen atoms in total. The lowest BCUT2D eigenvalue weighted by molar-refractivity contribution is -0.111. The predicted molar refractivity (Wildman–Crippen MR) is 119 cm³/mol. The van der Waals surface area contributed by atoms with Crippen LogP contribution in [0, 0.1) is 25.5 Å². The molecule has 2 heterocycles. The topological polar surface area (TPSA) is 50.2 Å². The van der Waals surface area contributed by atoms with Crippen molar-refractivity contribution < 1.29 is 13.6 Å². The first-order chi connectivity index (χ1) is 14.9. The number of carbonyl (C=O) groups is 1. The number of benzene rings is 2. The highest BCUT2D eigenvalue weighted by atomic mass is 19.1. The average molecular weight is 422 g/mol. The van der Waals surface area contributed by atoms with E-state index in [0.717, 1.165) is 48.6 Å². The summed E-state index contributed by atoms with van der Waals surface area (Å²) in [6, 6.07) is 10.9. The van der Waals surface area contributed by atoms with Crippen LogP contribution in [0.1, 0.15) is 29.8 Å². The zero-order valence-corrected chi connectivity index (χ0v) is 17.5. The van der Waals surface area contributed by atoms with E-state index in [-0.39, 0.29) is 11.5 Å². The SMILES string of the molecule is Cc1nn(-c2ccc(F)cc2)c(C)c1/C=C/C(=O)Nc1c(F)cccc1N1CCCC1. The molecule has 0 bridgehead atoms. The number of hydrogen-bond donors (Lipinski definition) is 1. The number of halogens is 2. The van der Waals surface area contributed by atoms with Gasteiger partial charge >= 0.3 is 0 Å². The van der Waals surface area contributed by atoms with E-state index < -0.39 is 11.7 Å². The van der Waals surface area contributed by atoms with Gasteiger partial charge in [-0.3, -0.25) is 4.79 Å². The van der Waals surface area contributed by atoms with Gasteiger partial charge in [0.05, 0.1) is 17.1 Å². The van der Waals surface area contributed by atoms with Crippen molar-refractivity contribution in [1.82, 2.24) is 9.78 Å². The number of aryl methyl sites for hydroxylation is 1. The monoisotopic (exact) mass is 422 g/mol. The molecule has 31 heavy (non-hydrogen) atoms. The molecule has 4 rings (SSSR count).